The van der Waals surface area contributed by atoms with Crippen LogP contribution in [0, 0.1) is 6.92 Å². The Morgan fingerprint density at radius 2 is 1.58 bits per heavy atom. The van der Waals surface area contributed by atoms with E-state index in [1.165, 1.54) is 19.2 Å². The summed E-state index contributed by atoms with van der Waals surface area (Å²) in [6, 6.07) is 12.2. The van der Waals surface area contributed by atoms with Crippen LogP contribution >= 0.6 is 0 Å². The van der Waals surface area contributed by atoms with Crippen molar-refractivity contribution in [1.29, 1.82) is 0 Å². The van der Waals surface area contributed by atoms with Gasteiger partial charge >= 0.3 is 0 Å². The zero-order valence-electron chi connectivity index (χ0n) is 16.6. The lowest BCUT2D eigenvalue weighted by atomic mass is 9.82. The summed E-state index contributed by atoms with van der Waals surface area (Å²) in [4.78, 5) is 25.6. The molecule has 9 heteroatoms. The number of fused-ring (bicyclic) bond motifs is 2. The first-order valence-corrected chi connectivity index (χ1v) is 10.6. The average molecular weight is 437 g/mol. The topological polar surface area (TPSA) is 139 Å². The van der Waals surface area contributed by atoms with Crippen LogP contribution in [-0.4, -0.2) is 31.6 Å². The van der Waals surface area contributed by atoms with Crippen LogP contribution in [0.3, 0.4) is 0 Å². The van der Waals surface area contributed by atoms with Gasteiger partial charge in [0.15, 0.2) is 11.6 Å². The number of rotatable bonds is 4. The minimum absolute atomic E-state index is 0.0163. The number of carbonyl (C=O) groups is 2. The number of hydrogen-bond donors (Lipinski definition) is 2. The fourth-order valence-electron chi connectivity index (χ4n) is 3.65. The van der Waals surface area contributed by atoms with Gasteiger partial charge in [-0.05, 0) is 24.6 Å². The van der Waals surface area contributed by atoms with Gasteiger partial charge in [-0.25, -0.2) is 8.42 Å². The molecule has 0 atom stereocenters. The van der Waals surface area contributed by atoms with Gasteiger partial charge in [0, 0.05) is 22.9 Å². The maximum atomic E-state index is 13.3. The van der Waals surface area contributed by atoms with E-state index in [4.69, 9.17) is 10.5 Å². The summed E-state index contributed by atoms with van der Waals surface area (Å²) < 4.78 is 40.8. The highest BCUT2D eigenvalue weighted by Gasteiger charge is 2.35. The molecule has 31 heavy (non-hydrogen) atoms. The number of ether oxygens (including phenoxy) is 1. The predicted molar refractivity (Wildman–Crippen MR) is 113 cm³/mol. The van der Waals surface area contributed by atoms with E-state index >= 15 is 0 Å². The van der Waals surface area contributed by atoms with Crippen LogP contribution in [0.4, 0.5) is 17.1 Å². The summed E-state index contributed by atoms with van der Waals surface area (Å²) >= 11 is 0. The van der Waals surface area contributed by atoms with E-state index in [0.29, 0.717) is 11.4 Å². The smallest absolute Gasteiger partial charge is 0.196 e. The number of anilines is 3. The van der Waals surface area contributed by atoms with E-state index in [2.05, 4.69) is 5.32 Å². The summed E-state index contributed by atoms with van der Waals surface area (Å²) in [6.07, 6.45) is 0. The summed E-state index contributed by atoms with van der Waals surface area (Å²) in [7, 11) is -3.52. The highest BCUT2D eigenvalue weighted by molar-refractivity contribution is 7.86. The second-order valence-electron chi connectivity index (χ2n) is 7.05. The van der Waals surface area contributed by atoms with E-state index in [1.807, 2.05) is 6.92 Å². The molecule has 3 aromatic carbocycles. The largest absolute Gasteiger partial charge is 0.744 e. The molecular weight excluding hydrogens is 420 g/mol. The SMILES string of the molecule is COc1cc(Nc2cc(S(=O)(=O)[O-])c(N)c3c2C(=O)c2ccccc2C3=O)ccc1C. The van der Waals surface area contributed by atoms with Crippen molar-refractivity contribution in [3.63, 3.8) is 0 Å². The van der Waals surface area contributed by atoms with Crippen molar-refractivity contribution in [2.24, 2.45) is 0 Å². The molecule has 0 bridgehead atoms. The van der Waals surface area contributed by atoms with E-state index < -0.39 is 32.3 Å². The van der Waals surface area contributed by atoms with E-state index in [9.17, 15) is 22.6 Å². The minimum atomic E-state index is -5.02. The van der Waals surface area contributed by atoms with Gasteiger partial charge in [0.2, 0.25) is 0 Å². The number of nitrogens with one attached hydrogen (secondary N) is 1. The molecule has 1 aliphatic rings. The molecule has 0 saturated carbocycles. The third-order valence-electron chi connectivity index (χ3n) is 5.16. The van der Waals surface area contributed by atoms with Gasteiger partial charge in [-0.2, -0.15) is 0 Å². The van der Waals surface area contributed by atoms with Gasteiger partial charge in [0.1, 0.15) is 15.9 Å². The van der Waals surface area contributed by atoms with Crippen molar-refractivity contribution >= 4 is 38.7 Å². The lowest BCUT2D eigenvalue weighted by Gasteiger charge is -2.25. The molecule has 0 amide bonds. The first-order chi connectivity index (χ1) is 14.6. The Labute approximate surface area is 178 Å². The molecule has 0 unspecified atom stereocenters. The van der Waals surface area contributed by atoms with Crippen molar-refractivity contribution in [3.05, 3.63) is 76.3 Å². The van der Waals surface area contributed by atoms with Gasteiger partial charge in [-0.3, -0.25) is 9.59 Å². The Morgan fingerprint density at radius 3 is 2.16 bits per heavy atom. The van der Waals surface area contributed by atoms with Gasteiger partial charge in [0.25, 0.3) is 0 Å². The Bertz CT molecular complexity index is 1380. The van der Waals surface area contributed by atoms with Crippen molar-refractivity contribution < 1.29 is 27.3 Å². The monoisotopic (exact) mass is 437 g/mol. The van der Waals surface area contributed by atoms with Crippen LogP contribution in [0.15, 0.2) is 53.4 Å². The number of ketones is 2. The molecule has 1 aliphatic carbocycles. The number of nitrogen functional groups attached to an aromatic ring is 1. The molecule has 0 fully saturated rings. The number of hydrogen-bond acceptors (Lipinski definition) is 8. The number of benzene rings is 3. The summed E-state index contributed by atoms with van der Waals surface area (Å²) in [5.41, 5.74) is 6.56. The van der Waals surface area contributed by atoms with Crippen LogP contribution in [0.1, 0.15) is 37.4 Å². The maximum Gasteiger partial charge on any atom is 0.196 e. The third kappa shape index (κ3) is 3.33. The second kappa shape index (κ2) is 7.22. The molecule has 158 valence electrons. The first-order valence-electron chi connectivity index (χ1n) is 9.16. The van der Waals surface area contributed by atoms with Gasteiger partial charge in [-0.15, -0.1) is 0 Å². The molecule has 0 saturated heterocycles. The van der Waals surface area contributed by atoms with Crippen molar-refractivity contribution in [2.75, 3.05) is 18.2 Å². The fourth-order valence-corrected chi connectivity index (χ4v) is 4.29. The van der Waals surface area contributed by atoms with Crippen molar-refractivity contribution in [1.82, 2.24) is 0 Å². The zero-order chi connectivity index (χ0) is 22.5. The molecule has 8 nitrogen and oxygen atoms in total. The predicted octanol–water partition coefficient (Wildman–Crippen LogP) is 3.01. The molecule has 0 aliphatic heterocycles. The highest BCUT2D eigenvalue weighted by Crippen LogP contribution is 2.40. The van der Waals surface area contributed by atoms with E-state index in [-0.39, 0.29) is 27.9 Å². The first kappa shape index (κ1) is 20.6. The summed E-state index contributed by atoms with van der Waals surface area (Å²) in [5, 5.41) is 2.94. The fraction of sp³-hybridized carbons (Fsp3) is 0.0909. The van der Waals surface area contributed by atoms with Crippen LogP contribution < -0.4 is 15.8 Å². The van der Waals surface area contributed by atoms with Crippen LogP contribution in [0.5, 0.6) is 5.75 Å². The Morgan fingerprint density at radius 1 is 0.968 bits per heavy atom. The van der Waals surface area contributed by atoms with E-state index in [0.717, 1.165) is 11.6 Å². The normalized spacial score (nSPS) is 12.9. The Kier molecular flexibility index (Phi) is 4.79. The number of nitrogens with two attached hydrogens (primary N) is 1. The summed E-state index contributed by atoms with van der Waals surface area (Å²) in [5.74, 6) is -0.579. The molecule has 0 spiro atoms. The minimum Gasteiger partial charge on any atom is -0.744 e. The highest BCUT2D eigenvalue weighted by atomic mass is 32.2. The molecule has 3 N–H and O–H groups in total. The maximum absolute atomic E-state index is 13.3. The number of aryl methyl sites for hydroxylation is 1. The van der Waals surface area contributed by atoms with Crippen LogP contribution in [0.25, 0.3) is 0 Å². The quantitative estimate of drug-likeness (QED) is 0.367. The summed E-state index contributed by atoms with van der Waals surface area (Å²) in [6.45, 7) is 1.84. The number of methoxy groups -OCH3 is 1. The molecular formula is C22H17N2O6S-. The standard InChI is InChI=1S/C22H18N2O6S/c1-11-7-8-12(9-16(11)30-2)24-15-10-17(31(27,28)29)20(23)19-18(15)21(25)13-5-3-4-6-14(13)22(19)26/h3-10,24H,23H2,1-2H3,(H,27,28,29)/p-1. The molecule has 0 aromatic heterocycles. The van der Waals surface area contributed by atoms with Crippen molar-refractivity contribution in [2.45, 2.75) is 11.8 Å². The molecule has 4 rings (SSSR count). The lowest BCUT2D eigenvalue weighted by Crippen LogP contribution is -2.25. The third-order valence-corrected chi connectivity index (χ3v) is 6.03. The average Bonchev–Trinajstić information content (AvgIpc) is 2.73. The van der Waals surface area contributed by atoms with Crippen molar-refractivity contribution in [3.8, 4) is 5.75 Å². The van der Waals surface area contributed by atoms with E-state index in [1.54, 1.807) is 30.3 Å². The second-order valence-corrected chi connectivity index (χ2v) is 8.40. The van der Waals surface area contributed by atoms with Gasteiger partial charge < -0.3 is 20.3 Å². The van der Waals surface area contributed by atoms with Gasteiger partial charge in [0.05, 0.1) is 34.5 Å². The molecule has 0 heterocycles. The Hall–Kier alpha value is -3.69. The van der Waals surface area contributed by atoms with Crippen LogP contribution in [-0.2, 0) is 10.1 Å². The van der Waals surface area contributed by atoms with Gasteiger partial charge in [-0.1, -0.05) is 30.3 Å². The lowest BCUT2D eigenvalue weighted by molar-refractivity contribution is 0.0980. The van der Waals surface area contributed by atoms with Crippen LogP contribution in [0.2, 0.25) is 0 Å². The zero-order valence-corrected chi connectivity index (χ0v) is 17.4. The molecule has 3 aromatic rings. The molecule has 0 radical (unpaired) electrons. The Balaban J connectivity index is 2.00. The number of carbonyl (C=O) groups excluding carboxylic acids is 2.